The molecule has 92 valence electrons. The summed E-state index contributed by atoms with van der Waals surface area (Å²) in [6.45, 7) is 1.96. The van der Waals surface area contributed by atoms with Crippen LogP contribution in [0.1, 0.15) is 11.6 Å². The maximum Gasteiger partial charge on any atom is 0.311 e. The molecule has 0 saturated carbocycles. The summed E-state index contributed by atoms with van der Waals surface area (Å²) in [5.74, 6) is 0.274. The molecule has 1 aliphatic heterocycles. The van der Waals surface area contributed by atoms with E-state index >= 15 is 0 Å². The molecule has 1 atom stereocenters. The zero-order valence-electron chi connectivity index (χ0n) is 9.51. The smallest absolute Gasteiger partial charge is 0.311 e. The number of methoxy groups -OCH3 is 1. The van der Waals surface area contributed by atoms with Crippen LogP contribution in [0, 0.1) is 10.1 Å². The van der Waals surface area contributed by atoms with Gasteiger partial charge in [-0.15, -0.1) is 0 Å². The van der Waals surface area contributed by atoms with Crippen LogP contribution in [0.5, 0.6) is 5.75 Å². The summed E-state index contributed by atoms with van der Waals surface area (Å²) < 4.78 is 10.3. The van der Waals surface area contributed by atoms with Gasteiger partial charge in [0.25, 0.3) is 0 Å². The summed E-state index contributed by atoms with van der Waals surface area (Å²) in [4.78, 5) is 10.5. The maximum atomic E-state index is 10.9. The van der Waals surface area contributed by atoms with Crippen LogP contribution >= 0.6 is 0 Å². The van der Waals surface area contributed by atoms with Crippen LogP contribution in [0.25, 0.3) is 0 Å². The van der Waals surface area contributed by atoms with Gasteiger partial charge in [0, 0.05) is 12.6 Å². The van der Waals surface area contributed by atoms with Crippen molar-refractivity contribution in [3.05, 3.63) is 33.9 Å². The van der Waals surface area contributed by atoms with Gasteiger partial charge < -0.3 is 14.8 Å². The van der Waals surface area contributed by atoms with E-state index in [0.717, 1.165) is 12.1 Å². The first-order valence-corrected chi connectivity index (χ1v) is 5.36. The van der Waals surface area contributed by atoms with Crippen LogP contribution in [0.3, 0.4) is 0 Å². The minimum Gasteiger partial charge on any atom is -0.490 e. The number of ether oxygens (including phenoxy) is 2. The Morgan fingerprint density at radius 2 is 2.41 bits per heavy atom. The molecule has 6 nitrogen and oxygen atoms in total. The number of hydrogen-bond acceptors (Lipinski definition) is 5. The molecular formula is C11H14N2O4. The van der Waals surface area contributed by atoms with E-state index < -0.39 is 4.92 Å². The molecule has 17 heavy (non-hydrogen) atoms. The first kappa shape index (κ1) is 11.8. The number of nitro groups is 1. The van der Waals surface area contributed by atoms with E-state index in [9.17, 15) is 10.1 Å². The van der Waals surface area contributed by atoms with E-state index in [-0.39, 0.29) is 17.5 Å². The molecule has 0 spiro atoms. The molecule has 1 fully saturated rings. The van der Waals surface area contributed by atoms with Crippen LogP contribution in [0.15, 0.2) is 18.2 Å². The van der Waals surface area contributed by atoms with Crippen molar-refractivity contribution >= 4 is 5.69 Å². The second-order valence-electron chi connectivity index (χ2n) is 3.77. The predicted molar refractivity (Wildman–Crippen MR) is 61.2 cm³/mol. The summed E-state index contributed by atoms with van der Waals surface area (Å²) >= 11 is 0. The summed E-state index contributed by atoms with van der Waals surface area (Å²) in [5.41, 5.74) is 0.828. The van der Waals surface area contributed by atoms with Gasteiger partial charge in [0.1, 0.15) is 0 Å². The van der Waals surface area contributed by atoms with Gasteiger partial charge >= 0.3 is 5.69 Å². The van der Waals surface area contributed by atoms with Crippen LogP contribution < -0.4 is 10.1 Å². The van der Waals surface area contributed by atoms with E-state index in [2.05, 4.69) is 5.32 Å². The standard InChI is InChI=1S/C11H14N2O4/c1-16-11-3-2-8(6-10(11)13(14)15)9-7-17-5-4-12-9/h2-3,6,9,12H,4-5,7H2,1H3/t9-/m1/s1. The molecule has 0 aliphatic carbocycles. The van der Waals surface area contributed by atoms with Crippen LogP contribution in [-0.2, 0) is 4.74 Å². The monoisotopic (exact) mass is 238 g/mol. The third kappa shape index (κ3) is 2.54. The second kappa shape index (κ2) is 5.11. The highest BCUT2D eigenvalue weighted by Crippen LogP contribution is 2.30. The predicted octanol–water partition coefficient (Wildman–Crippen LogP) is 1.26. The van der Waals surface area contributed by atoms with E-state index in [1.54, 1.807) is 6.07 Å². The fourth-order valence-electron chi connectivity index (χ4n) is 1.85. The summed E-state index contributed by atoms with van der Waals surface area (Å²) in [6.07, 6.45) is 0. The molecule has 0 aromatic heterocycles. The van der Waals surface area contributed by atoms with Crippen LogP contribution in [0.2, 0.25) is 0 Å². The average molecular weight is 238 g/mol. The quantitative estimate of drug-likeness (QED) is 0.634. The van der Waals surface area contributed by atoms with E-state index in [0.29, 0.717) is 13.2 Å². The molecule has 1 aromatic rings. The average Bonchev–Trinajstić information content (AvgIpc) is 2.39. The Hall–Kier alpha value is -1.66. The molecule has 0 amide bonds. The van der Waals surface area contributed by atoms with Crippen molar-refractivity contribution in [2.75, 3.05) is 26.9 Å². The van der Waals surface area contributed by atoms with Crippen molar-refractivity contribution in [2.24, 2.45) is 0 Å². The Morgan fingerprint density at radius 1 is 1.59 bits per heavy atom. The molecule has 1 saturated heterocycles. The van der Waals surface area contributed by atoms with Crippen molar-refractivity contribution in [2.45, 2.75) is 6.04 Å². The lowest BCUT2D eigenvalue weighted by atomic mass is 10.1. The summed E-state index contributed by atoms with van der Waals surface area (Å²) in [7, 11) is 1.42. The molecule has 1 aromatic carbocycles. The van der Waals surface area contributed by atoms with Gasteiger partial charge in [0.2, 0.25) is 0 Å². The Morgan fingerprint density at radius 3 is 3.00 bits per heavy atom. The van der Waals surface area contributed by atoms with Crippen LogP contribution in [0.4, 0.5) is 5.69 Å². The van der Waals surface area contributed by atoms with Crippen molar-refractivity contribution in [3.63, 3.8) is 0 Å². The molecule has 1 aliphatic rings. The summed E-state index contributed by atoms with van der Waals surface area (Å²) in [5, 5.41) is 14.1. The molecule has 6 heteroatoms. The van der Waals surface area contributed by atoms with Gasteiger partial charge in [-0.05, 0) is 11.6 Å². The lowest BCUT2D eigenvalue weighted by Gasteiger charge is -2.24. The SMILES string of the molecule is COc1ccc([C@H]2COCCN2)cc1[N+](=O)[O-]. The highest BCUT2D eigenvalue weighted by Gasteiger charge is 2.21. The highest BCUT2D eigenvalue weighted by atomic mass is 16.6. The molecule has 1 heterocycles. The largest absolute Gasteiger partial charge is 0.490 e. The van der Waals surface area contributed by atoms with Gasteiger partial charge in [0.15, 0.2) is 5.75 Å². The van der Waals surface area contributed by atoms with Gasteiger partial charge in [-0.2, -0.15) is 0 Å². The van der Waals surface area contributed by atoms with Gasteiger partial charge in [0.05, 0.1) is 31.3 Å². The Bertz CT molecular complexity index is 416. The van der Waals surface area contributed by atoms with Crippen molar-refractivity contribution < 1.29 is 14.4 Å². The van der Waals surface area contributed by atoms with Crippen molar-refractivity contribution in [3.8, 4) is 5.75 Å². The number of rotatable bonds is 3. The fourth-order valence-corrected chi connectivity index (χ4v) is 1.85. The van der Waals surface area contributed by atoms with Crippen LogP contribution in [-0.4, -0.2) is 31.8 Å². The number of hydrogen-bond donors (Lipinski definition) is 1. The number of nitro benzene ring substituents is 1. The van der Waals surface area contributed by atoms with E-state index in [1.807, 2.05) is 6.07 Å². The van der Waals surface area contributed by atoms with Crippen molar-refractivity contribution in [1.29, 1.82) is 0 Å². The topological polar surface area (TPSA) is 73.6 Å². The maximum absolute atomic E-state index is 10.9. The Kier molecular flexibility index (Phi) is 3.55. The molecule has 2 rings (SSSR count). The zero-order valence-corrected chi connectivity index (χ0v) is 9.51. The lowest BCUT2D eigenvalue weighted by molar-refractivity contribution is -0.385. The summed E-state index contributed by atoms with van der Waals surface area (Å²) in [6, 6.07) is 4.97. The number of nitrogens with one attached hydrogen (secondary N) is 1. The van der Waals surface area contributed by atoms with Crippen molar-refractivity contribution in [1.82, 2.24) is 5.32 Å². The van der Waals surface area contributed by atoms with E-state index in [1.165, 1.54) is 13.2 Å². The second-order valence-corrected chi connectivity index (χ2v) is 3.77. The molecule has 0 radical (unpaired) electrons. The molecule has 1 N–H and O–H groups in total. The molecular weight excluding hydrogens is 224 g/mol. The first-order valence-electron chi connectivity index (χ1n) is 5.36. The Labute approximate surface area is 98.7 Å². The molecule has 0 unspecified atom stereocenters. The lowest BCUT2D eigenvalue weighted by Crippen LogP contribution is -2.34. The highest BCUT2D eigenvalue weighted by molar-refractivity contribution is 5.49. The normalized spacial score (nSPS) is 19.9. The first-order chi connectivity index (χ1) is 8.22. The Balaban J connectivity index is 2.29. The third-order valence-electron chi connectivity index (χ3n) is 2.72. The minimum absolute atomic E-state index is 0.00774. The van der Waals surface area contributed by atoms with Gasteiger partial charge in [-0.1, -0.05) is 6.07 Å². The number of benzene rings is 1. The van der Waals surface area contributed by atoms with Gasteiger partial charge in [-0.3, -0.25) is 10.1 Å². The third-order valence-corrected chi connectivity index (χ3v) is 2.72. The minimum atomic E-state index is -0.438. The number of morpholine rings is 1. The fraction of sp³-hybridized carbons (Fsp3) is 0.455. The molecule has 0 bridgehead atoms. The van der Waals surface area contributed by atoms with Gasteiger partial charge in [-0.25, -0.2) is 0 Å². The van der Waals surface area contributed by atoms with E-state index in [4.69, 9.17) is 9.47 Å². The zero-order chi connectivity index (χ0) is 12.3. The number of nitrogens with zero attached hydrogens (tertiary/aromatic N) is 1.